The lowest BCUT2D eigenvalue weighted by molar-refractivity contribution is 0.0601. The average molecular weight is 397 g/mol. The van der Waals surface area contributed by atoms with Crippen LogP contribution >= 0.6 is 0 Å². The number of piperidine rings is 1. The second-order valence-corrected chi connectivity index (χ2v) is 8.70. The first kappa shape index (κ1) is 18.7. The van der Waals surface area contributed by atoms with Gasteiger partial charge in [0, 0.05) is 38.4 Å². The first-order valence-electron chi connectivity index (χ1n) is 10.7. The number of nitrogens with zero attached hydrogens (tertiary/aromatic N) is 5. The van der Waals surface area contributed by atoms with Gasteiger partial charge in [-0.3, -0.25) is 4.79 Å². The van der Waals surface area contributed by atoms with Crippen molar-refractivity contribution < 1.29 is 14.1 Å². The van der Waals surface area contributed by atoms with Gasteiger partial charge in [-0.2, -0.15) is 4.98 Å². The van der Waals surface area contributed by atoms with Crippen molar-refractivity contribution in [3.05, 3.63) is 36.0 Å². The zero-order valence-corrected chi connectivity index (χ0v) is 16.6. The fourth-order valence-corrected chi connectivity index (χ4v) is 4.76. The maximum absolute atomic E-state index is 13.0. The van der Waals surface area contributed by atoms with E-state index in [-0.39, 0.29) is 17.2 Å². The molecule has 1 saturated carbocycles. The number of carbonyl (C=O) groups excluding carboxylic acids is 1. The van der Waals surface area contributed by atoms with Gasteiger partial charge in [0.1, 0.15) is 12.0 Å². The Balaban J connectivity index is 1.40. The SMILES string of the molecule is O=C(c1ccncn1)N1CCCC(CC2CC2)(c2noc(C3CCOCC3)n2)C1. The molecule has 154 valence electrons. The van der Waals surface area contributed by atoms with Crippen LogP contribution in [0, 0.1) is 5.92 Å². The van der Waals surface area contributed by atoms with E-state index in [9.17, 15) is 4.79 Å². The minimum absolute atomic E-state index is 0.0413. The molecule has 8 heteroatoms. The van der Waals surface area contributed by atoms with Crippen molar-refractivity contribution in [3.63, 3.8) is 0 Å². The van der Waals surface area contributed by atoms with Crippen molar-refractivity contribution in [2.24, 2.45) is 5.92 Å². The Hall–Kier alpha value is -2.35. The number of carbonyl (C=O) groups is 1. The zero-order chi connectivity index (χ0) is 19.7. The normalized spacial score (nSPS) is 25.9. The van der Waals surface area contributed by atoms with Crippen LogP contribution in [0.25, 0.3) is 0 Å². The van der Waals surface area contributed by atoms with E-state index in [1.54, 1.807) is 12.3 Å². The van der Waals surface area contributed by atoms with Gasteiger partial charge in [-0.1, -0.05) is 18.0 Å². The molecule has 3 fully saturated rings. The highest BCUT2D eigenvalue weighted by Gasteiger charge is 2.46. The second-order valence-electron chi connectivity index (χ2n) is 8.70. The standard InChI is InChI=1S/C21H27N5O3/c27-19(17-4-8-22-14-23-17)26-9-1-7-21(13-26,12-15-2-3-15)20-24-18(29-25-20)16-5-10-28-11-6-16/h4,8,14-16H,1-3,5-7,9-13H2. The lowest BCUT2D eigenvalue weighted by Crippen LogP contribution is -2.49. The Kier molecular flexibility index (Phi) is 5.03. The van der Waals surface area contributed by atoms with Gasteiger partial charge in [0.2, 0.25) is 5.89 Å². The Morgan fingerprint density at radius 2 is 2.10 bits per heavy atom. The van der Waals surface area contributed by atoms with Crippen LogP contribution in [0.1, 0.15) is 73.1 Å². The molecule has 5 rings (SSSR count). The van der Waals surface area contributed by atoms with Gasteiger partial charge in [-0.25, -0.2) is 9.97 Å². The molecule has 1 amide bonds. The molecule has 1 aliphatic carbocycles. The van der Waals surface area contributed by atoms with Crippen molar-refractivity contribution in [1.29, 1.82) is 0 Å². The van der Waals surface area contributed by atoms with Crippen LogP contribution in [0.5, 0.6) is 0 Å². The van der Waals surface area contributed by atoms with Gasteiger partial charge in [0.15, 0.2) is 5.82 Å². The van der Waals surface area contributed by atoms with E-state index in [1.165, 1.54) is 19.2 Å². The number of aromatic nitrogens is 4. The molecule has 2 saturated heterocycles. The third-order valence-electron chi connectivity index (χ3n) is 6.53. The summed E-state index contributed by atoms with van der Waals surface area (Å²) in [5, 5.41) is 4.44. The Labute approximate surface area is 170 Å². The minimum atomic E-state index is -0.227. The number of hydrogen-bond donors (Lipinski definition) is 0. The molecule has 2 aliphatic heterocycles. The molecular formula is C21H27N5O3. The van der Waals surface area contributed by atoms with E-state index in [4.69, 9.17) is 14.2 Å². The summed E-state index contributed by atoms with van der Waals surface area (Å²) in [7, 11) is 0. The quantitative estimate of drug-likeness (QED) is 0.765. The fourth-order valence-electron chi connectivity index (χ4n) is 4.76. The molecule has 2 aromatic rings. The summed E-state index contributed by atoms with van der Waals surface area (Å²) >= 11 is 0. The third-order valence-corrected chi connectivity index (χ3v) is 6.53. The summed E-state index contributed by atoms with van der Waals surface area (Å²) in [6.45, 7) is 2.85. The lowest BCUT2D eigenvalue weighted by atomic mass is 9.74. The maximum Gasteiger partial charge on any atom is 0.272 e. The van der Waals surface area contributed by atoms with Gasteiger partial charge in [-0.05, 0) is 44.1 Å². The Bertz CT molecular complexity index is 847. The molecule has 2 aromatic heterocycles. The summed E-state index contributed by atoms with van der Waals surface area (Å²) < 4.78 is 11.2. The average Bonchev–Trinajstić information content (AvgIpc) is 3.44. The van der Waals surface area contributed by atoms with Gasteiger partial charge >= 0.3 is 0 Å². The molecular weight excluding hydrogens is 370 g/mol. The molecule has 0 aromatic carbocycles. The summed E-state index contributed by atoms with van der Waals surface area (Å²) in [5.41, 5.74) is 0.216. The van der Waals surface area contributed by atoms with Crippen LogP contribution in [0.2, 0.25) is 0 Å². The highest BCUT2D eigenvalue weighted by atomic mass is 16.5. The molecule has 8 nitrogen and oxygen atoms in total. The summed E-state index contributed by atoms with van der Waals surface area (Å²) in [6, 6.07) is 1.68. The smallest absolute Gasteiger partial charge is 0.272 e. The first-order chi connectivity index (χ1) is 14.2. The number of ether oxygens (including phenoxy) is 1. The molecule has 0 radical (unpaired) electrons. The zero-order valence-electron chi connectivity index (χ0n) is 16.6. The van der Waals surface area contributed by atoms with Crippen molar-refractivity contribution in [3.8, 4) is 0 Å². The van der Waals surface area contributed by atoms with Gasteiger partial charge in [0.05, 0.1) is 5.41 Å². The highest BCUT2D eigenvalue weighted by molar-refractivity contribution is 5.92. The van der Waals surface area contributed by atoms with E-state index in [1.807, 2.05) is 4.90 Å². The van der Waals surface area contributed by atoms with Crippen molar-refractivity contribution >= 4 is 5.91 Å². The molecule has 1 atom stereocenters. The molecule has 0 spiro atoms. The van der Waals surface area contributed by atoms with Crippen LogP contribution in [0.3, 0.4) is 0 Å². The predicted molar refractivity (Wildman–Crippen MR) is 103 cm³/mol. The number of amides is 1. The topological polar surface area (TPSA) is 94.2 Å². The monoisotopic (exact) mass is 397 g/mol. The van der Waals surface area contributed by atoms with Crippen molar-refractivity contribution in [1.82, 2.24) is 25.0 Å². The van der Waals surface area contributed by atoms with Crippen molar-refractivity contribution in [2.45, 2.75) is 56.3 Å². The number of hydrogen-bond acceptors (Lipinski definition) is 7. The number of likely N-dealkylation sites (tertiary alicyclic amines) is 1. The van der Waals surface area contributed by atoms with E-state index in [0.29, 0.717) is 18.2 Å². The minimum Gasteiger partial charge on any atom is -0.381 e. The molecule has 0 N–H and O–H groups in total. The third kappa shape index (κ3) is 3.90. The van der Waals surface area contributed by atoms with Crippen LogP contribution in [0.15, 0.2) is 23.1 Å². The van der Waals surface area contributed by atoms with Crippen LogP contribution in [-0.2, 0) is 10.2 Å². The summed E-state index contributed by atoms with van der Waals surface area (Å²) in [5.74, 6) is 2.46. The van der Waals surface area contributed by atoms with Crippen LogP contribution < -0.4 is 0 Å². The Morgan fingerprint density at radius 1 is 1.24 bits per heavy atom. The lowest BCUT2D eigenvalue weighted by Gasteiger charge is -2.41. The largest absolute Gasteiger partial charge is 0.381 e. The molecule has 4 heterocycles. The van der Waals surface area contributed by atoms with E-state index in [0.717, 1.165) is 63.6 Å². The maximum atomic E-state index is 13.0. The second kappa shape index (κ2) is 7.82. The Morgan fingerprint density at radius 3 is 2.86 bits per heavy atom. The van der Waals surface area contributed by atoms with Crippen LogP contribution in [0.4, 0.5) is 0 Å². The van der Waals surface area contributed by atoms with Gasteiger partial charge < -0.3 is 14.2 Å². The number of rotatable bonds is 5. The fraction of sp³-hybridized carbons (Fsp3) is 0.667. The molecule has 1 unspecified atom stereocenters. The molecule has 3 aliphatic rings. The van der Waals surface area contributed by atoms with E-state index >= 15 is 0 Å². The highest BCUT2D eigenvalue weighted by Crippen LogP contribution is 2.46. The predicted octanol–water partition coefficient (Wildman–Crippen LogP) is 2.73. The van der Waals surface area contributed by atoms with Crippen LogP contribution in [-0.4, -0.2) is 57.2 Å². The molecule has 0 bridgehead atoms. The summed E-state index contributed by atoms with van der Waals surface area (Å²) in [4.78, 5) is 27.9. The van der Waals surface area contributed by atoms with E-state index in [2.05, 4.69) is 15.1 Å². The summed E-state index contributed by atoms with van der Waals surface area (Å²) in [6.07, 6.45) is 10.3. The van der Waals surface area contributed by atoms with E-state index < -0.39 is 0 Å². The van der Waals surface area contributed by atoms with Crippen molar-refractivity contribution in [2.75, 3.05) is 26.3 Å². The van der Waals surface area contributed by atoms with Gasteiger partial charge in [-0.15, -0.1) is 0 Å². The first-order valence-corrected chi connectivity index (χ1v) is 10.7. The molecule has 29 heavy (non-hydrogen) atoms. The van der Waals surface area contributed by atoms with Gasteiger partial charge in [0.25, 0.3) is 5.91 Å².